The molecule has 3 aromatic rings. The van der Waals surface area contributed by atoms with Crippen molar-refractivity contribution >= 4 is 33.0 Å². The number of ether oxygens (including phenoxy) is 1. The first kappa shape index (κ1) is 22.1. The Labute approximate surface area is 180 Å². The van der Waals surface area contributed by atoms with Gasteiger partial charge in [0.05, 0.1) is 34.2 Å². The van der Waals surface area contributed by atoms with Gasteiger partial charge in [-0.05, 0) is 50.1 Å². The summed E-state index contributed by atoms with van der Waals surface area (Å²) < 4.78 is 88.0. The highest BCUT2D eigenvalue weighted by Crippen LogP contribution is 2.42. The lowest BCUT2D eigenvalue weighted by molar-refractivity contribution is -0.137. The number of hydrogen-bond acceptors (Lipinski definition) is 5. The first-order valence-corrected chi connectivity index (χ1v) is 10.9. The van der Waals surface area contributed by atoms with Gasteiger partial charge in [0.2, 0.25) is 5.95 Å². The number of methoxy groups -OCH3 is 1. The number of imidazole rings is 1. The Hall–Kier alpha value is -3.15. The number of nitrogens with zero attached hydrogens (tertiary/aromatic N) is 2. The number of sulfonamides is 1. The van der Waals surface area contributed by atoms with Gasteiger partial charge >= 0.3 is 12.1 Å². The number of hydrogen-bond donors (Lipinski definition) is 1. The molecule has 0 radical (unpaired) electrons. The summed E-state index contributed by atoms with van der Waals surface area (Å²) in [5.74, 6) is -2.05. The molecule has 12 heteroatoms. The van der Waals surface area contributed by atoms with Crippen molar-refractivity contribution in [2.45, 2.75) is 36.9 Å². The van der Waals surface area contributed by atoms with Crippen LogP contribution in [0.25, 0.3) is 11.0 Å². The number of rotatable bonds is 5. The molecule has 32 heavy (non-hydrogen) atoms. The van der Waals surface area contributed by atoms with E-state index in [4.69, 9.17) is 0 Å². The second kappa shape index (κ2) is 7.47. The van der Waals surface area contributed by atoms with E-state index in [1.54, 1.807) is 0 Å². The number of esters is 1. The van der Waals surface area contributed by atoms with E-state index in [9.17, 15) is 30.8 Å². The summed E-state index contributed by atoms with van der Waals surface area (Å²) in [4.78, 5) is 15.3. The van der Waals surface area contributed by atoms with Gasteiger partial charge in [0.25, 0.3) is 10.0 Å². The van der Waals surface area contributed by atoms with Gasteiger partial charge in [-0.3, -0.25) is 0 Å². The van der Waals surface area contributed by atoms with Gasteiger partial charge in [0.1, 0.15) is 5.82 Å². The SMILES string of the molecule is COC(=O)c1cc(F)c(C)c(S(=O)(=O)Nc2nc3cc(C(F)(F)F)ccc3n2C2CC2)c1. The molecule has 4 rings (SSSR count). The summed E-state index contributed by atoms with van der Waals surface area (Å²) in [7, 11) is -3.38. The topological polar surface area (TPSA) is 90.3 Å². The number of anilines is 1. The van der Waals surface area contributed by atoms with Gasteiger partial charge in [-0.15, -0.1) is 0 Å². The van der Waals surface area contributed by atoms with Crippen LogP contribution in [0.4, 0.5) is 23.5 Å². The summed E-state index contributed by atoms with van der Waals surface area (Å²) in [5, 5.41) is 0. The van der Waals surface area contributed by atoms with Gasteiger partial charge in [-0.25, -0.2) is 27.3 Å². The zero-order chi connectivity index (χ0) is 23.4. The minimum Gasteiger partial charge on any atom is -0.465 e. The molecule has 1 aliphatic carbocycles. The van der Waals surface area contributed by atoms with Crippen molar-refractivity contribution in [1.29, 1.82) is 0 Å². The van der Waals surface area contributed by atoms with Crippen LogP contribution in [0.5, 0.6) is 0 Å². The number of aromatic nitrogens is 2. The summed E-state index contributed by atoms with van der Waals surface area (Å²) in [5.41, 5.74) is -1.15. The van der Waals surface area contributed by atoms with Crippen molar-refractivity contribution in [2.75, 3.05) is 11.8 Å². The van der Waals surface area contributed by atoms with Crippen molar-refractivity contribution in [3.8, 4) is 0 Å². The number of alkyl halides is 3. The molecule has 1 aliphatic rings. The molecule has 0 spiro atoms. The molecular weight excluding hydrogens is 454 g/mol. The van der Waals surface area contributed by atoms with Crippen molar-refractivity contribution in [1.82, 2.24) is 9.55 Å². The standard InChI is InChI=1S/C20H17F4N3O4S/c1-10-14(21)7-11(18(28)31-2)8-17(10)32(29,30)26-19-25-15-9-12(20(22,23)24)3-6-16(15)27(19)13-4-5-13/h3,6-9,13H,4-5H2,1-2H3,(H,25,26). The van der Waals surface area contributed by atoms with E-state index >= 15 is 0 Å². The maximum Gasteiger partial charge on any atom is 0.416 e. The van der Waals surface area contributed by atoms with Crippen molar-refractivity contribution < 1.29 is 35.5 Å². The molecule has 2 aromatic carbocycles. The van der Waals surface area contributed by atoms with Gasteiger partial charge in [0, 0.05) is 11.6 Å². The second-order valence-electron chi connectivity index (χ2n) is 7.42. The van der Waals surface area contributed by atoms with E-state index in [1.807, 2.05) is 0 Å². The molecule has 1 N–H and O–H groups in total. The predicted molar refractivity (Wildman–Crippen MR) is 106 cm³/mol. The fraction of sp³-hybridized carbons (Fsp3) is 0.300. The maximum absolute atomic E-state index is 14.3. The quantitative estimate of drug-likeness (QED) is 0.439. The van der Waals surface area contributed by atoms with Gasteiger partial charge in [0.15, 0.2) is 0 Å². The minimum atomic E-state index is -4.58. The van der Waals surface area contributed by atoms with Crippen molar-refractivity contribution in [2.24, 2.45) is 0 Å². The van der Waals surface area contributed by atoms with Gasteiger partial charge < -0.3 is 9.30 Å². The fourth-order valence-corrected chi connectivity index (χ4v) is 4.67. The van der Waals surface area contributed by atoms with E-state index < -0.39 is 38.4 Å². The summed E-state index contributed by atoms with van der Waals surface area (Å²) in [6.45, 7) is 1.23. The van der Waals surface area contributed by atoms with E-state index in [0.717, 1.165) is 31.4 Å². The smallest absolute Gasteiger partial charge is 0.416 e. The van der Waals surface area contributed by atoms with Crippen molar-refractivity contribution in [3.63, 3.8) is 0 Å². The Morgan fingerprint density at radius 1 is 1.22 bits per heavy atom. The number of benzene rings is 2. The van der Waals surface area contributed by atoms with E-state index in [1.165, 1.54) is 17.6 Å². The molecule has 0 unspecified atom stereocenters. The Bertz CT molecular complexity index is 1350. The summed E-state index contributed by atoms with van der Waals surface area (Å²) >= 11 is 0. The molecule has 0 atom stereocenters. The third-order valence-corrected chi connectivity index (χ3v) is 6.62. The van der Waals surface area contributed by atoms with Crippen LogP contribution in [-0.2, 0) is 20.9 Å². The first-order valence-electron chi connectivity index (χ1n) is 9.43. The Morgan fingerprint density at radius 3 is 2.50 bits per heavy atom. The Balaban J connectivity index is 1.82. The zero-order valence-electron chi connectivity index (χ0n) is 16.8. The highest BCUT2D eigenvalue weighted by Gasteiger charge is 2.34. The normalized spacial score (nSPS) is 14.6. The van der Waals surface area contributed by atoms with Crippen LogP contribution in [0.15, 0.2) is 35.2 Å². The molecule has 0 aliphatic heterocycles. The predicted octanol–water partition coefficient (Wildman–Crippen LogP) is 4.42. The first-order chi connectivity index (χ1) is 14.9. The van der Waals surface area contributed by atoms with Crippen LogP contribution in [0.1, 0.15) is 40.4 Å². The van der Waals surface area contributed by atoms with E-state index in [0.29, 0.717) is 18.4 Å². The molecule has 0 saturated heterocycles. The zero-order valence-corrected chi connectivity index (χ0v) is 17.6. The molecule has 0 bridgehead atoms. The molecule has 1 fully saturated rings. The van der Waals surface area contributed by atoms with Gasteiger partial charge in [-0.1, -0.05) is 0 Å². The van der Waals surface area contributed by atoms with E-state index in [-0.39, 0.29) is 28.6 Å². The molecule has 0 amide bonds. The lowest BCUT2D eigenvalue weighted by Crippen LogP contribution is -2.19. The molecule has 1 heterocycles. The Morgan fingerprint density at radius 2 is 1.91 bits per heavy atom. The fourth-order valence-electron chi connectivity index (χ4n) is 3.39. The van der Waals surface area contributed by atoms with Crippen LogP contribution in [0.2, 0.25) is 0 Å². The molecular formula is C20H17F4N3O4S. The van der Waals surface area contributed by atoms with Gasteiger partial charge in [-0.2, -0.15) is 13.2 Å². The number of nitrogens with one attached hydrogen (secondary N) is 1. The number of carbonyl (C=O) groups excluding carboxylic acids is 1. The molecule has 1 saturated carbocycles. The molecule has 7 nitrogen and oxygen atoms in total. The summed E-state index contributed by atoms with van der Waals surface area (Å²) in [6.07, 6.45) is -3.18. The molecule has 1 aromatic heterocycles. The Kier molecular flexibility index (Phi) is 5.15. The van der Waals surface area contributed by atoms with Crippen LogP contribution >= 0.6 is 0 Å². The van der Waals surface area contributed by atoms with Crippen LogP contribution in [-0.4, -0.2) is 31.0 Å². The molecule has 170 valence electrons. The third kappa shape index (κ3) is 3.90. The maximum atomic E-state index is 14.3. The van der Waals surface area contributed by atoms with Crippen molar-refractivity contribution in [3.05, 3.63) is 52.8 Å². The highest BCUT2D eigenvalue weighted by molar-refractivity contribution is 7.92. The average molecular weight is 471 g/mol. The number of carbonyl (C=O) groups is 1. The van der Waals surface area contributed by atoms with Crippen LogP contribution in [0.3, 0.4) is 0 Å². The largest absolute Gasteiger partial charge is 0.465 e. The van der Waals surface area contributed by atoms with E-state index in [2.05, 4.69) is 14.4 Å². The minimum absolute atomic E-state index is 0.0318. The number of fused-ring (bicyclic) bond motifs is 1. The highest BCUT2D eigenvalue weighted by atomic mass is 32.2. The number of halogens is 4. The lowest BCUT2D eigenvalue weighted by atomic mass is 10.1. The second-order valence-corrected chi connectivity index (χ2v) is 9.07. The van der Waals surface area contributed by atoms with Crippen LogP contribution in [0, 0.1) is 12.7 Å². The average Bonchev–Trinajstić information content (AvgIpc) is 3.48. The monoisotopic (exact) mass is 471 g/mol. The third-order valence-electron chi connectivity index (χ3n) is 5.16. The summed E-state index contributed by atoms with van der Waals surface area (Å²) in [6, 6.07) is 4.68. The van der Waals surface area contributed by atoms with Crippen LogP contribution < -0.4 is 4.72 Å². The lowest BCUT2D eigenvalue weighted by Gasteiger charge is -2.13.